The maximum atomic E-state index is 5.20. The number of nitrogens with zero attached hydrogens (tertiary/aromatic N) is 3. The average Bonchev–Trinajstić information content (AvgIpc) is 3.11. The third-order valence-electron chi connectivity index (χ3n) is 3.03. The number of hydrogen-bond donors (Lipinski definition) is 1. The lowest BCUT2D eigenvalue weighted by molar-refractivity contribution is 0.362. The molecular weight excluding hydrogens is 228 g/mol. The highest BCUT2D eigenvalue weighted by Gasteiger charge is 2.20. The Morgan fingerprint density at radius 3 is 2.89 bits per heavy atom. The van der Waals surface area contributed by atoms with Gasteiger partial charge in [0.2, 0.25) is 5.89 Å². The van der Waals surface area contributed by atoms with E-state index in [2.05, 4.69) is 20.4 Å². The maximum absolute atomic E-state index is 5.20. The van der Waals surface area contributed by atoms with E-state index in [4.69, 9.17) is 4.52 Å². The number of pyridine rings is 1. The van der Waals surface area contributed by atoms with Crippen LogP contribution in [0, 0.1) is 5.92 Å². The lowest BCUT2D eigenvalue weighted by Crippen LogP contribution is -2.16. The van der Waals surface area contributed by atoms with Gasteiger partial charge in [-0.05, 0) is 43.0 Å². The Labute approximate surface area is 106 Å². The second-order valence-electron chi connectivity index (χ2n) is 4.71. The van der Waals surface area contributed by atoms with Gasteiger partial charge in [-0.15, -0.1) is 0 Å². The molecule has 1 fully saturated rings. The van der Waals surface area contributed by atoms with Gasteiger partial charge in [-0.25, -0.2) is 0 Å². The van der Waals surface area contributed by atoms with Crippen LogP contribution in [-0.4, -0.2) is 21.7 Å². The summed E-state index contributed by atoms with van der Waals surface area (Å²) in [7, 11) is 0. The zero-order valence-corrected chi connectivity index (χ0v) is 10.2. The van der Waals surface area contributed by atoms with Crippen molar-refractivity contribution in [1.29, 1.82) is 0 Å². The Kier molecular flexibility index (Phi) is 3.32. The van der Waals surface area contributed by atoms with Gasteiger partial charge in [0.25, 0.3) is 0 Å². The molecule has 1 N–H and O–H groups in total. The first-order valence-electron chi connectivity index (χ1n) is 6.31. The summed E-state index contributed by atoms with van der Waals surface area (Å²) in [6.45, 7) is 1.72. The van der Waals surface area contributed by atoms with E-state index in [0.717, 1.165) is 23.9 Å². The molecule has 0 saturated heterocycles. The van der Waals surface area contributed by atoms with Crippen LogP contribution in [0.2, 0.25) is 0 Å². The number of hydrogen-bond acceptors (Lipinski definition) is 5. The zero-order valence-electron chi connectivity index (χ0n) is 10.2. The van der Waals surface area contributed by atoms with Crippen LogP contribution < -0.4 is 5.32 Å². The molecule has 0 spiro atoms. The van der Waals surface area contributed by atoms with Crippen LogP contribution in [-0.2, 0) is 13.0 Å². The maximum Gasteiger partial charge on any atom is 0.240 e. The predicted molar refractivity (Wildman–Crippen MR) is 65.8 cm³/mol. The molecule has 1 saturated carbocycles. The Bertz CT molecular complexity index is 493. The standard InChI is InChI=1S/C13H16N4O/c1-2-11(1)8-15-9-13-16-12(17-18-13)7-10-3-5-14-6-4-10/h3-6,11,15H,1-2,7-9H2. The van der Waals surface area contributed by atoms with Crippen LogP contribution in [0.3, 0.4) is 0 Å². The third kappa shape index (κ3) is 3.13. The summed E-state index contributed by atoms with van der Waals surface area (Å²) < 4.78 is 5.20. The van der Waals surface area contributed by atoms with E-state index in [0.29, 0.717) is 18.9 Å². The number of rotatable bonds is 6. The molecule has 2 aromatic heterocycles. The van der Waals surface area contributed by atoms with Gasteiger partial charge in [0, 0.05) is 18.8 Å². The SMILES string of the molecule is c1cc(Cc2noc(CNCC3CC3)n2)ccn1. The van der Waals surface area contributed by atoms with Gasteiger partial charge < -0.3 is 9.84 Å². The smallest absolute Gasteiger partial charge is 0.240 e. The van der Waals surface area contributed by atoms with E-state index < -0.39 is 0 Å². The van der Waals surface area contributed by atoms with Gasteiger partial charge in [-0.3, -0.25) is 4.98 Å². The second-order valence-corrected chi connectivity index (χ2v) is 4.71. The Morgan fingerprint density at radius 1 is 1.28 bits per heavy atom. The van der Waals surface area contributed by atoms with Crippen LogP contribution in [0.15, 0.2) is 29.0 Å². The van der Waals surface area contributed by atoms with E-state index in [9.17, 15) is 0 Å². The normalized spacial score (nSPS) is 14.9. The molecule has 3 rings (SSSR count). The lowest BCUT2D eigenvalue weighted by atomic mass is 10.2. The fourth-order valence-corrected chi connectivity index (χ4v) is 1.82. The number of nitrogens with one attached hydrogen (secondary N) is 1. The summed E-state index contributed by atoms with van der Waals surface area (Å²) in [6, 6.07) is 3.92. The average molecular weight is 244 g/mol. The van der Waals surface area contributed by atoms with Crippen LogP contribution >= 0.6 is 0 Å². The molecule has 2 aromatic rings. The minimum absolute atomic E-state index is 0.666. The molecule has 0 atom stereocenters. The van der Waals surface area contributed by atoms with Crippen molar-refractivity contribution in [2.45, 2.75) is 25.8 Å². The summed E-state index contributed by atoms with van der Waals surface area (Å²) in [5.74, 6) is 2.26. The topological polar surface area (TPSA) is 63.8 Å². The molecule has 0 aromatic carbocycles. The molecular formula is C13H16N4O. The fourth-order valence-electron chi connectivity index (χ4n) is 1.82. The van der Waals surface area contributed by atoms with Crippen LogP contribution in [0.1, 0.15) is 30.1 Å². The highest BCUT2D eigenvalue weighted by molar-refractivity contribution is 5.14. The van der Waals surface area contributed by atoms with E-state index >= 15 is 0 Å². The zero-order chi connectivity index (χ0) is 12.2. The molecule has 0 amide bonds. The fraction of sp³-hybridized carbons (Fsp3) is 0.462. The van der Waals surface area contributed by atoms with Crippen LogP contribution in [0.25, 0.3) is 0 Å². The summed E-state index contributed by atoms with van der Waals surface area (Å²) in [5, 5.41) is 7.31. The van der Waals surface area contributed by atoms with Gasteiger partial charge in [0.15, 0.2) is 5.82 Å². The molecule has 5 heteroatoms. The Balaban J connectivity index is 1.52. The van der Waals surface area contributed by atoms with Crippen LogP contribution in [0.4, 0.5) is 0 Å². The van der Waals surface area contributed by atoms with Gasteiger partial charge in [-0.2, -0.15) is 4.98 Å². The van der Waals surface area contributed by atoms with Gasteiger partial charge in [0.05, 0.1) is 6.54 Å². The van der Waals surface area contributed by atoms with Crippen molar-refractivity contribution >= 4 is 0 Å². The van der Waals surface area contributed by atoms with Crippen molar-refractivity contribution < 1.29 is 4.52 Å². The summed E-state index contributed by atoms with van der Waals surface area (Å²) >= 11 is 0. The van der Waals surface area contributed by atoms with Crippen molar-refractivity contribution in [3.63, 3.8) is 0 Å². The molecule has 1 aliphatic carbocycles. The molecule has 0 aliphatic heterocycles. The van der Waals surface area contributed by atoms with Crippen molar-refractivity contribution in [2.24, 2.45) is 5.92 Å². The minimum Gasteiger partial charge on any atom is -0.338 e. The molecule has 0 bridgehead atoms. The van der Waals surface area contributed by atoms with Crippen LogP contribution in [0.5, 0.6) is 0 Å². The van der Waals surface area contributed by atoms with Gasteiger partial charge >= 0.3 is 0 Å². The van der Waals surface area contributed by atoms with Crippen molar-refractivity contribution in [3.05, 3.63) is 41.8 Å². The summed E-state index contributed by atoms with van der Waals surface area (Å²) in [6.07, 6.45) is 6.93. The van der Waals surface area contributed by atoms with Gasteiger partial charge in [0.1, 0.15) is 0 Å². The molecule has 94 valence electrons. The molecule has 18 heavy (non-hydrogen) atoms. The highest BCUT2D eigenvalue weighted by atomic mass is 16.5. The van der Waals surface area contributed by atoms with Crippen molar-refractivity contribution in [2.75, 3.05) is 6.54 Å². The predicted octanol–water partition coefficient (Wildman–Crippen LogP) is 1.55. The lowest BCUT2D eigenvalue weighted by Gasteiger charge is -1.97. The molecule has 2 heterocycles. The van der Waals surface area contributed by atoms with Crippen molar-refractivity contribution in [1.82, 2.24) is 20.4 Å². The molecule has 1 aliphatic rings. The van der Waals surface area contributed by atoms with E-state index in [1.54, 1.807) is 12.4 Å². The first kappa shape index (κ1) is 11.3. The molecule has 5 nitrogen and oxygen atoms in total. The highest BCUT2D eigenvalue weighted by Crippen LogP contribution is 2.27. The first-order valence-corrected chi connectivity index (χ1v) is 6.31. The van der Waals surface area contributed by atoms with E-state index in [1.807, 2.05) is 12.1 Å². The Hall–Kier alpha value is -1.75. The largest absolute Gasteiger partial charge is 0.338 e. The van der Waals surface area contributed by atoms with Gasteiger partial charge in [-0.1, -0.05) is 5.16 Å². The third-order valence-corrected chi connectivity index (χ3v) is 3.03. The monoisotopic (exact) mass is 244 g/mol. The Morgan fingerprint density at radius 2 is 2.11 bits per heavy atom. The van der Waals surface area contributed by atoms with E-state index in [-0.39, 0.29) is 0 Å². The van der Waals surface area contributed by atoms with E-state index in [1.165, 1.54) is 12.8 Å². The quantitative estimate of drug-likeness (QED) is 0.835. The number of aromatic nitrogens is 3. The summed E-state index contributed by atoms with van der Waals surface area (Å²) in [5.41, 5.74) is 1.14. The second kappa shape index (κ2) is 5.27. The van der Waals surface area contributed by atoms with Crippen molar-refractivity contribution in [3.8, 4) is 0 Å². The molecule has 0 unspecified atom stereocenters. The first-order chi connectivity index (χ1) is 8.90. The summed E-state index contributed by atoms with van der Waals surface area (Å²) in [4.78, 5) is 8.34. The molecule has 0 radical (unpaired) electrons. The minimum atomic E-state index is 0.666.